The van der Waals surface area contributed by atoms with Crippen molar-refractivity contribution in [2.75, 3.05) is 5.73 Å². The molecule has 0 aliphatic heterocycles. The summed E-state index contributed by atoms with van der Waals surface area (Å²) < 4.78 is 1.31. The third kappa shape index (κ3) is 2.26. The van der Waals surface area contributed by atoms with E-state index in [0.717, 1.165) is 18.4 Å². The second-order valence-electron chi connectivity index (χ2n) is 6.80. The number of carbonyl (C=O) groups excluding carboxylic acids is 1. The molecule has 5 N–H and O–H groups in total. The summed E-state index contributed by atoms with van der Waals surface area (Å²) >= 11 is 0. The Morgan fingerprint density at radius 2 is 1.92 bits per heavy atom. The molecule has 1 aliphatic rings. The molecule has 1 fully saturated rings. The van der Waals surface area contributed by atoms with Crippen molar-refractivity contribution >= 4 is 11.7 Å². The summed E-state index contributed by atoms with van der Waals surface area (Å²) in [5, 5.41) is 10.0. The van der Waals surface area contributed by atoms with Gasteiger partial charge in [-0.1, -0.05) is 13.0 Å². The minimum atomic E-state index is -0.679. The number of hydrogen-bond acceptors (Lipinski definition) is 4. The summed E-state index contributed by atoms with van der Waals surface area (Å²) in [6, 6.07) is 4.80. The molecule has 1 aliphatic carbocycles. The van der Waals surface area contributed by atoms with Gasteiger partial charge in [0, 0.05) is 11.1 Å². The standard InChI is InChI=1S/C18H21N3O3/c1-9-4-5-13(22)10(2)14(9)21-15(19)11(16(20)23)8-12(17(21)24)18(3)6-7-18/h4-5,8,22H,6-7,19H2,1-3H3,(H2,20,23). The smallest absolute Gasteiger partial charge is 0.260 e. The first-order chi connectivity index (χ1) is 11.2. The van der Waals surface area contributed by atoms with Gasteiger partial charge in [-0.05, 0) is 49.8 Å². The highest BCUT2D eigenvalue weighted by molar-refractivity contribution is 5.97. The third-order valence-corrected chi connectivity index (χ3v) is 4.98. The van der Waals surface area contributed by atoms with E-state index in [1.54, 1.807) is 19.1 Å². The highest BCUT2D eigenvalue weighted by Crippen LogP contribution is 2.46. The first-order valence-corrected chi connectivity index (χ1v) is 7.83. The maximum atomic E-state index is 13.1. The van der Waals surface area contributed by atoms with Gasteiger partial charge in [0.05, 0.1) is 11.3 Å². The summed E-state index contributed by atoms with van der Waals surface area (Å²) in [7, 11) is 0. The molecule has 1 amide bonds. The monoisotopic (exact) mass is 327 g/mol. The van der Waals surface area contributed by atoms with Crippen molar-refractivity contribution < 1.29 is 9.90 Å². The van der Waals surface area contributed by atoms with Crippen LogP contribution >= 0.6 is 0 Å². The number of primary amides is 1. The minimum Gasteiger partial charge on any atom is -0.508 e. The SMILES string of the molecule is Cc1ccc(O)c(C)c1-n1c(N)c(C(N)=O)cc(C2(C)CC2)c1=O. The molecule has 3 rings (SSSR count). The predicted octanol–water partition coefficient (Wildman–Crippen LogP) is 1.89. The zero-order valence-electron chi connectivity index (χ0n) is 14.0. The van der Waals surface area contributed by atoms with Crippen molar-refractivity contribution in [3.05, 3.63) is 50.8 Å². The zero-order chi connectivity index (χ0) is 17.8. The molecule has 24 heavy (non-hydrogen) atoms. The largest absolute Gasteiger partial charge is 0.508 e. The van der Waals surface area contributed by atoms with Crippen LogP contribution in [0.3, 0.4) is 0 Å². The number of nitrogens with zero attached hydrogens (tertiary/aromatic N) is 1. The van der Waals surface area contributed by atoms with Crippen LogP contribution in [0, 0.1) is 13.8 Å². The van der Waals surface area contributed by atoms with Gasteiger partial charge in [0.25, 0.3) is 11.5 Å². The lowest BCUT2D eigenvalue weighted by molar-refractivity contribution is 0.100. The first kappa shape index (κ1) is 16.1. The molecular weight excluding hydrogens is 306 g/mol. The van der Waals surface area contributed by atoms with Gasteiger partial charge >= 0.3 is 0 Å². The zero-order valence-corrected chi connectivity index (χ0v) is 14.0. The molecule has 0 unspecified atom stereocenters. The van der Waals surface area contributed by atoms with E-state index in [1.807, 2.05) is 13.8 Å². The fourth-order valence-corrected chi connectivity index (χ4v) is 3.11. The van der Waals surface area contributed by atoms with E-state index in [4.69, 9.17) is 11.5 Å². The number of amides is 1. The summed E-state index contributed by atoms with van der Waals surface area (Å²) in [6.07, 6.45) is 1.75. The van der Waals surface area contributed by atoms with Crippen LogP contribution in [0.5, 0.6) is 5.75 Å². The van der Waals surface area contributed by atoms with Crippen LogP contribution in [0.15, 0.2) is 23.0 Å². The van der Waals surface area contributed by atoms with E-state index >= 15 is 0 Å². The van der Waals surface area contributed by atoms with Crippen molar-refractivity contribution in [2.24, 2.45) is 5.73 Å². The first-order valence-electron chi connectivity index (χ1n) is 7.83. The average molecular weight is 327 g/mol. The molecule has 0 radical (unpaired) electrons. The lowest BCUT2D eigenvalue weighted by Crippen LogP contribution is -2.32. The van der Waals surface area contributed by atoms with Crippen LogP contribution in [0.4, 0.5) is 5.82 Å². The number of pyridine rings is 1. The fraction of sp³-hybridized carbons (Fsp3) is 0.333. The molecular formula is C18H21N3O3. The van der Waals surface area contributed by atoms with E-state index < -0.39 is 5.91 Å². The fourth-order valence-electron chi connectivity index (χ4n) is 3.11. The van der Waals surface area contributed by atoms with Gasteiger partial charge in [-0.2, -0.15) is 0 Å². The number of phenols is 1. The lowest BCUT2D eigenvalue weighted by Gasteiger charge is -2.20. The summed E-state index contributed by atoms with van der Waals surface area (Å²) in [5.74, 6) is -0.620. The van der Waals surface area contributed by atoms with E-state index in [1.165, 1.54) is 10.6 Å². The summed E-state index contributed by atoms with van der Waals surface area (Å²) in [6.45, 7) is 5.51. The van der Waals surface area contributed by atoms with E-state index in [2.05, 4.69) is 0 Å². The molecule has 6 heteroatoms. The number of nitrogen functional groups attached to an aromatic ring is 1. The van der Waals surface area contributed by atoms with Gasteiger partial charge in [-0.3, -0.25) is 14.2 Å². The molecule has 1 heterocycles. The van der Waals surface area contributed by atoms with Crippen LogP contribution in [-0.4, -0.2) is 15.6 Å². The molecule has 1 aromatic carbocycles. The molecule has 1 aromatic heterocycles. The number of phenolic OH excluding ortho intramolecular Hbond substituents is 1. The third-order valence-electron chi connectivity index (χ3n) is 4.98. The van der Waals surface area contributed by atoms with Crippen LogP contribution in [0.2, 0.25) is 0 Å². The molecule has 1 saturated carbocycles. The van der Waals surface area contributed by atoms with Crippen molar-refractivity contribution in [2.45, 2.75) is 39.0 Å². The topological polar surface area (TPSA) is 111 Å². The Hall–Kier alpha value is -2.76. The van der Waals surface area contributed by atoms with E-state index in [9.17, 15) is 14.7 Å². The van der Waals surface area contributed by atoms with Crippen molar-refractivity contribution in [1.29, 1.82) is 0 Å². The minimum absolute atomic E-state index is 0.00250. The Bertz CT molecular complexity index is 924. The number of aryl methyl sites for hydroxylation is 1. The van der Waals surface area contributed by atoms with Gasteiger partial charge in [0.1, 0.15) is 11.6 Å². The molecule has 0 atom stereocenters. The second kappa shape index (κ2) is 5.12. The molecule has 6 nitrogen and oxygen atoms in total. The van der Waals surface area contributed by atoms with Crippen LogP contribution in [0.1, 0.15) is 46.8 Å². The number of hydrogen-bond donors (Lipinski definition) is 3. The maximum Gasteiger partial charge on any atom is 0.260 e. The Morgan fingerprint density at radius 1 is 1.29 bits per heavy atom. The van der Waals surface area contributed by atoms with Gasteiger partial charge in [-0.15, -0.1) is 0 Å². The number of aromatic nitrogens is 1. The molecule has 0 bridgehead atoms. The van der Waals surface area contributed by atoms with Crippen molar-refractivity contribution in [1.82, 2.24) is 4.57 Å². The number of rotatable bonds is 3. The number of carbonyl (C=O) groups is 1. The van der Waals surface area contributed by atoms with Crippen LogP contribution in [-0.2, 0) is 5.41 Å². The second-order valence-corrected chi connectivity index (χ2v) is 6.80. The molecule has 0 spiro atoms. The van der Waals surface area contributed by atoms with Crippen LogP contribution in [0.25, 0.3) is 5.69 Å². The number of aromatic hydroxyl groups is 1. The van der Waals surface area contributed by atoms with Gasteiger partial charge < -0.3 is 16.6 Å². The number of benzene rings is 1. The Morgan fingerprint density at radius 3 is 2.46 bits per heavy atom. The Kier molecular flexibility index (Phi) is 3.44. The lowest BCUT2D eigenvalue weighted by atomic mass is 9.97. The van der Waals surface area contributed by atoms with Crippen molar-refractivity contribution in [3.8, 4) is 11.4 Å². The molecule has 126 valence electrons. The molecule has 0 saturated heterocycles. The maximum absolute atomic E-state index is 13.1. The Labute approximate surface area is 139 Å². The van der Waals surface area contributed by atoms with Gasteiger partial charge in [0.2, 0.25) is 0 Å². The number of nitrogens with two attached hydrogens (primary N) is 2. The Balaban J connectivity index is 2.45. The quantitative estimate of drug-likeness (QED) is 0.799. The summed E-state index contributed by atoms with van der Waals surface area (Å²) in [4.78, 5) is 24.9. The normalized spacial score (nSPS) is 15.3. The van der Waals surface area contributed by atoms with Crippen LogP contribution < -0.4 is 17.0 Å². The summed E-state index contributed by atoms with van der Waals surface area (Å²) in [5.41, 5.74) is 13.5. The number of anilines is 1. The average Bonchev–Trinajstić information content (AvgIpc) is 3.24. The highest BCUT2D eigenvalue weighted by atomic mass is 16.3. The van der Waals surface area contributed by atoms with E-state index in [-0.39, 0.29) is 28.1 Å². The van der Waals surface area contributed by atoms with Crippen molar-refractivity contribution in [3.63, 3.8) is 0 Å². The van der Waals surface area contributed by atoms with E-state index in [0.29, 0.717) is 16.8 Å². The molecule has 2 aromatic rings. The van der Waals surface area contributed by atoms with Gasteiger partial charge in [0.15, 0.2) is 0 Å². The predicted molar refractivity (Wildman–Crippen MR) is 92.7 cm³/mol. The highest BCUT2D eigenvalue weighted by Gasteiger charge is 2.42. The van der Waals surface area contributed by atoms with Gasteiger partial charge in [-0.25, -0.2) is 0 Å².